The fraction of sp³-hybridized carbons (Fsp3) is 0.273. The van der Waals surface area contributed by atoms with Crippen LogP contribution in [0.2, 0.25) is 5.02 Å². The topological polar surface area (TPSA) is 69.6 Å². The van der Waals surface area contributed by atoms with E-state index in [1.807, 2.05) is 0 Å². The Hall–Kier alpha value is -1.75. The van der Waals surface area contributed by atoms with Crippen LogP contribution >= 0.6 is 11.6 Å². The molecule has 0 saturated carbocycles. The number of carboxylic acids is 1. The molecule has 6 heteroatoms. The standard InChI is InChI=1S/C11H11ClN2O3/c12-7-2-1-3-8-11(7)14(6-10(16)17)5-4-9(15)13-8/h1-3H,4-6H2,(H,13,15)(H,16,17). The summed E-state index contributed by atoms with van der Waals surface area (Å²) in [6.07, 6.45) is 0.248. The van der Waals surface area contributed by atoms with Gasteiger partial charge in [-0.05, 0) is 12.1 Å². The summed E-state index contributed by atoms with van der Waals surface area (Å²) in [7, 11) is 0. The first-order valence-electron chi connectivity index (χ1n) is 5.13. The van der Waals surface area contributed by atoms with Crippen LogP contribution in [0.3, 0.4) is 0 Å². The summed E-state index contributed by atoms with van der Waals surface area (Å²) in [4.78, 5) is 23.8. The van der Waals surface area contributed by atoms with Crippen LogP contribution in [0.4, 0.5) is 11.4 Å². The van der Waals surface area contributed by atoms with Crippen molar-refractivity contribution in [1.29, 1.82) is 0 Å². The average Bonchev–Trinajstić information content (AvgIpc) is 2.38. The summed E-state index contributed by atoms with van der Waals surface area (Å²) in [6, 6.07) is 5.09. The van der Waals surface area contributed by atoms with Gasteiger partial charge in [0, 0.05) is 13.0 Å². The Morgan fingerprint density at radius 3 is 3.00 bits per heavy atom. The zero-order valence-corrected chi connectivity index (χ0v) is 9.70. The van der Waals surface area contributed by atoms with Gasteiger partial charge in [-0.3, -0.25) is 9.59 Å². The minimum absolute atomic E-state index is 0.138. The number of carboxylic acid groups (broad SMARTS) is 1. The molecule has 0 unspecified atom stereocenters. The normalized spacial score (nSPS) is 14.9. The number of rotatable bonds is 2. The summed E-state index contributed by atoms with van der Waals surface area (Å²) in [5, 5.41) is 12.0. The molecule has 90 valence electrons. The van der Waals surface area contributed by atoms with Gasteiger partial charge in [-0.1, -0.05) is 17.7 Å². The molecule has 0 atom stereocenters. The van der Waals surface area contributed by atoms with Crippen LogP contribution < -0.4 is 10.2 Å². The van der Waals surface area contributed by atoms with E-state index in [0.29, 0.717) is 22.9 Å². The number of carbonyl (C=O) groups excluding carboxylic acids is 1. The predicted molar refractivity (Wildman–Crippen MR) is 64.5 cm³/mol. The Morgan fingerprint density at radius 2 is 2.29 bits per heavy atom. The minimum atomic E-state index is -0.954. The number of halogens is 1. The molecule has 0 saturated heterocycles. The van der Waals surface area contributed by atoms with Gasteiger partial charge in [-0.15, -0.1) is 0 Å². The molecular formula is C11H11ClN2O3. The Kier molecular flexibility index (Phi) is 3.19. The molecule has 1 aliphatic heterocycles. The van der Waals surface area contributed by atoms with Crippen molar-refractivity contribution in [3.05, 3.63) is 23.2 Å². The highest BCUT2D eigenvalue weighted by molar-refractivity contribution is 6.34. The molecule has 2 rings (SSSR count). The van der Waals surface area contributed by atoms with Gasteiger partial charge in [0.1, 0.15) is 6.54 Å². The molecule has 0 bridgehead atoms. The van der Waals surface area contributed by atoms with E-state index in [1.54, 1.807) is 23.1 Å². The molecule has 17 heavy (non-hydrogen) atoms. The molecule has 2 N–H and O–H groups in total. The SMILES string of the molecule is O=C(O)CN1CCC(=O)Nc2cccc(Cl)c21. The van der Waals surface area contributed by atoms with Gasteiger partial charge < -0.3 is 15.3 Å². The lowest BCUT2D eigenvalue weighted by molar-refractivity contribution is -0.135. The van der Waals surface area contributed by atoms with E-state index in [4.69, 9.17) is 16.7 Å². The van der Waals surface area contributed by atoms with Crippen molar-refractivity contribution in [2.75, 3.05) is 23.3 Å². The molecule has 1 aliphatic rings. The molecule has 1 heterocycles. The third-order valence-corrected chi connectivity index (χ3v) is 2.82. The molecule has 0 aliphatic carbocycles. The van der Waals surface area contributed by atoms with E-state index in [-0.39, 0.29) is 18.9 Å². The zero-order chi connectivity index (χ0) is 12.4. The van der Waals surface area contributed by atoms with Crippen LogP contribution in [-0.2, 0) is 9.59 Å². The first-order valence-corrected chi connectivity index (χ1v) is 5.51. The number of nitrogens with one attached hydrogen (secondary N) is 1. The Labute approximate surface area is 103 Å². The highest BCUT2D eigenvalue weighted by Gasteiger charge is 2.22. The van der Waals surface area contributed by atoms with Gasteiger partial charge in [0.15, 0.2) is 0 Å². The Bertz CT molecular complexity index is 476. The maximum Gasteiger partial charge on any atom is 0.323 e. The highest BCUT2D eigenvalue weighted by Crippen LogP contribution is 2.35. The molecule has 1 aromatic carbocycles. The second-order valence-electron chi connectivity index (χ2n) is 3.75. The molecule has 0 radical (unpaired) electrons. The van der Waals surface area contributed by atoms with Gasteiger partial charge in [0.2, 0.25) is 5.91 Å². The Balaban J connectivity index is 2.44. The number of hydrogen-bond acceptors (Lipinski definition) is 3. The van der Waals surface area contributed by atoms with Crippen molar-refractivity contribution in [2.24, 2.45) is 0 Å². The quantitative estimate of drug-likeness (QED) is 0.841. The number of anilines is 2. The third kappa shape index (κ3) is 2.50. The first-order chi connectivity index (χ1) is 8.08. The van der Waals surface area contributed by atoms with E-state index in [0.717, 1.165) is 0 Å². The number of para-hydroxylation sites is 1. The lowest BCUT2D eigenvalue weighted by Crippen LogP contribution is -2.30. The lowest BCUT2D eigenvalue weighted by Gasteiger charge is -2.22. The van der Waals surface area contributed by atoms with Gasteiger partial charge in [0.05, 0.1) is 16.4 Å². The summed E-state index contributed by atoms with van der Waals surface area (Å²) in [5.41, 5.74) is 1.13. The maximum absolute atomic E-state index is 11.5. The number of hydrogen-bond donors (Lipinski definition) is 2. The molecular weight excluding hydrogens is 244 g/mol. The molecule has 0 spiro atoms. The number of nitrogens with zero attached hydrogens (tertiary/aromatic N) is 1. The second-order valence-corrected chi connectivity index (χ2v) is 4.16. The van der Waals surface area contributed by atoms with Crippen LogP contribution in [0, 0.1) is 0 Å². The van der Waals surface area contributed by atoms with E-state index in [9.17, 15) is 9.59 Å². The molecule has 5 nitrogen and oxygen atoms in total. The number of benzene rings is 1. The zero-order valence-electron chi connectivity index (χ0n) is 8.94. The fourth-order valence-corrected chi connectivity index (χ4v) is 2.11. The van der Waals surface area contributed by atoms with Crippen molar-refractivity contribution in [3.63, 3.8) is 0 Å². The van der Waals surface area contributed by atoms with Gasteiger partial charge >= 0.3 is 5.97 Å². The van der Waals surface area contributed by atoms with E-state index < -0.39 is 5.97 Å². The first kappa shape index (κ1) is 11.7. The maximum atomic E-state index is 11.5. The summed E-state index contributed by atoms with van der Waals surface area (Å²) in [6.45, 7) is 0.167. The fourth-order valence-electron chi connectivity index (χ4n) is 1.82. The van der Waals surface area contributed by atoms with Crippen LogP contribution in [0.1, 0.15) is 6.42 Å². The Morgan fingerprint density at radius 1 is 1.53 bits per heavy atom. The minimum Gasteiger partial charge on any atom is -0.480 e. The molecule has 1 amide bonds. The number of amides is 1. The van der Waals surface area contributed by atoms with Gasteiger partial charge in [-0.25, -0.2) is 0 Å². The summed E-state index contributed by atoms with van der Waals surface area (Å²) in [5.74, 6) is -1.09. The van der Waals surface area contributed by atoms with Crippen molar-refractivity contribution < 1.29 is 14.7 Å². The van der Waals surface area contributed by atoms with E-state index >= 15 is 0 Å². The lowest BCUT2D eigenvalue weighted by atomic mass is 10.2. The molecule has 0 aromatic heterocycles. The van der Waals surface area contributed by atoms with Crippen molar-refractivity contribution in [1.82, 2.24) is 0 Å². The molecule has 0 fully saturated rings. The van der Waals surface area contributed by atoms with Crippen molar-refractivity contribution in [3.8, 4) is 0 Å². The van der Waals surface area contributed by atoms with Gasteiger partial charge in [0.25, 0.3) is 0 Å². The third-order valence-electron chi connectivity index (χ3n) is 2.51. The van der Waals surface area contributed by atoms with Crippen LogP contribution in [0.25, 0.3) is 0 Å². The van der Waals surface area contributed by atoms with Crippen LogP contribution in [0.15, 0.2) is 18.2 Å². The molecule has 1 aromatic rings. The van der Waals surface area contributed by atoms with E-state index in [2.05, 4.69) is 5.32 Å². The predicted octanol–water partition coefficient (Wildman–Crippen LogP) is 1.57. The number of aliphatic carboxylic acids is 1. The second kappa shape index (κ2) is 4.63. The van der Waals surface area contributed by atoms with Crippen molar-refractivity contribution in [2.45, 2.75) is 6.42 Å². The largest absolute Gasteiger partial charge is 0.480 e. The summed E-state index contributed by atoms with van der Waals surface area (Å²) < 4.78 is 0. The van der Waals surface area contributed by atoms with Gasteiger partial charge in [-0.2, -0.15) is 0 Å². The number of fused-ring (bicyclic) bond motifs is 1. The number of carbonyl (C=O) groups is 2. The van der Waals surface area contributed by atoms with E-state index in [1.165, 1.54) is 0 Å². The van der Waals surface area contributed by atoms with Crippen LogP contribution in [-0.4, -0.2) is 30.1 Å². The monoisotopic (exact) mass is 254 g/mol. The summed E-state index contributed by atoms with van der Waals surface area (Å²) >= 11 is 6.05. The highest BCUT2D eigenvalue weighted by atomic mass is 35.5. The van der Waals surface area contributed by atoms with Crippen LogP contribution in [0.5, 0.6) is 0 Å². The smallest absolute Gasteiger partial charge is 0.323 e. The average molecular weight is 255 g/mol. The van der Waals surface area contributed by atoms with Crippen molar-refractivity contribution >= 4 is 34.9 Å².